The molecule has 238 valence electrons. The number of anilines is 2. The topological polar surface area (TPSA) is 125 Å². The van der Waals surface area contributed by atoms with Crippen LogP contribution in [0.1, 0.15) is 30.4 Å². The number of hydrogen-bond acceptors (Lipinski definition) is 10. The third kappa shape index (κ3) is 7.93. The van der Waals surface area contributed by atoms with E-state index in [1.54, 1.807) is 12.1 Å². The van der Waals surface area contributed by atoms with Crippen molar-refractivity contribution in [2.45, 2.75) is 49.7 Å². The van der Waals surface area contributed by atoms with E-state index in [4.69, 9.17) is 4.74 Å². The van der Waals surface area contributed by atoms with Gasteiger partial charge < -0.3 is 40.3 Å². The molecule has 0 amide bonds. The molecule has 0 unspecified atom stereocenters. The first kappa shape index (κ1) is 31.8. The summed E-state index contributed by atoms with van der Waals surface area (Å²) in [5.41, 5.74) is 0.288. The molecule has 1 aromatic carbocycles. The van der Waals surface area contributed by atoms with Crippen molar-refractivity contribution in [3.05, 3.63) is 53.5 Å². The number of aliphatic hydroxyl groups excluding tert-OH is 3. The van der Waals surface area contributed by atoms with Gasteiger partial charge in [-0.3, -0.25) is 4.90 Å². The summed E-state index contributed by atoms with van der Waals surface area (Å²) < 4.78 is 58.8. The maximum Gasteiger partial charge on any atom is 0.433 e. The molecular weight excluding hydrogens is 574 g/mol. The Hall–Kier alpha value is -2.59. The molecule has 0 bridgehead atoms. The predicted octanol–water partition coefficient (Wildman–Crippen LogP) is 1.66. The van der Waals surface area contributed by atoms with Crippen LogP contribution in [-0.4, -0.2) is 119 Å². The first-order valence-electron chi connectivity index (χ1n) is 14.6. The Morgan fingerprint density at radius 1 is 0.884 bits per heavy atom. The molecule has 43 heavy (non-hydrogen) atoms. The number of piperidine rings is 1. The lowest BCUT2D eigenvalue weighted by molar-refractivity contribution is -0.148. The largest absolute Gasteiger partial charge is 0.433 e. The Labute approximate surface area is 247 Å². The molecule has 3 aliphatic heterocycles. The number of pyridine rings is 1. The van der Waals surface area contributed by atoms with Crippen LogP contribution >= 0.6 is 0 Å². The molecule has 2 aromatic rings. The fourth-order valence-corrected chi connectivity index (χ4v) is 6.05. The molecule has 3 fully saturated rings. The molecule has 5 N–H and O–H groups in total. The second-order valence-electron chi connectivity index (χ2n) is 11.6. The summed E-state index contributed by atoms with van der Waals surface area (Å²) in [5.74, 6) is -1.08. The fraction of sp³-hybridized carbons (Fsp3) is 0.621. The number of ether oxygens (including phenoxy) is 1. The number of piperazine rings is 1. The maximum atomic E-state index is 14.1. The van der Waals surface area contributed by atoms with Crippen molar-refractivity contribution in [3.8, 4) is 0 Å². The number of alkyl halides is 3. The number of aromatic nitrogens is 1. The third-order valence-electron chi connectivity index (χ3n) is 8.68. The molecule has 0 aliphatic carbocycles. The zero-order valence-corrected chi connectivity index (χ0v) is 23.7. The highest BCUT2D eigenvalue weighted by Gasteiger charge is 2.40. The molecule has 4 heterocycles. The predicted molar refractivity (Wildman–Crippen MR) is 150 cm³/mol. The average Bonchev–Trinajstić information content (AvgIpc) is 2.99. The van der Waals surface area contributed by atoms with Crippen molar-refractivity contribution < 1.29 is 42.7 Å². The van der Waals surface area contributed by atoms with Gasteiger partial charge in [0.25, 0.3) is 0 Å². The van der Waals surface area contributed by atoms with Crippen molar-refractivity contribution in [1.29, 1.82) is 0 Å². The van der Waals surface area contributed by atoms with Gasteiger partial charge in [0.15, 0.2) is 17.9 Å². The van der Waals surface area contributed by atoms with Gasteiger partial charge in [0.2, 0.25) is 0 Å². The summed E-state index contributed by atoms with van der Waals surface area (Å²) in [4.78, 5) is 10.2. The van der Waals surface area contributed by atoms with E-state index in [1.165, 1.54) is 0 Å². The van der Waals surface area contributed by atoms with E-state index < -0.39 is 54.1 Å². The van der Waals surface area contributed by atoms with Gasteiger partial charge in [0.05, 0.1) is 18.8 Å². The number of aliphatic hydroxyl groups is 4. The van der Waals surface area contributed by atoms with Gasteiger partial charge in [0.1, 0.15) is 17.9 Å². The van der Waals surface area contributed by atoms with Crippen molar-refractivity contribution in [1.82, 2.24) is 14.8 Å². The smallest absolute Gasteiger partial charge is 0.388 e. The van der Waals surface area contributed by atoms with Crippen LogP contribution in [0.25, 0.3) is 0 Å². The third-order valence-corrected chi connectivity index (χ3v) is 8.68. The minimum Gasteiger partial charge on any atom is -0.388 e. The van der Waals surface area contributed by atoms with E-state index in [0.717, 1.165) is 64.3 Å². The van der Waals surface area contributed by atoms with Crippen LogP contribution < -0.4 is 10.2 Å². The number of hydrogen-bond donors (Lipinski definition) is 5. The summed E-state index contributed by atoms with van der Waals surface area (Å²) >= 11 is 0. The van der Waals surface area contributed by atoms with E-state index in [2.05, 4.69) is 25.0 Å². The number of benzene rings is 1. The fourth-order valence-electron chi connectivity index (χ4n) is 6.05. The van der Waals surface area contributed by atoms with Crippen LogP contribution in [0.5, 0.6) is 0 Å². The van der Waals surface area contributed by atoms with Crippen molar-refractivity contribution >= 4 is 11.5 Å². The highest BCUT2D eigenvalue weighted by molar-refractivity contribution is 5.48. The SMILES string of the molecule is OC(O)c1ccc(N2CCC(CN3CCN(C[C@H]4OC[C@H](Nc5nc(C(F)(F)F)ccc5F)[C@@H](O)[C@H]4O)CC3)CC2)cc1. The quantitative estimate of drug-likeness (QED) is 0.222. The van der Waals surface area contributed by atoms with Gasteiger partial charge in [-0.1, -0.05) is 12.1 Å². The molecular formula is C29H39F4N5O5. The van der Waals surface area contributed by atoms with Crippen LogP contribution in [0.2, 0.25) is 0 Å². The van der Waals surface area contributed by atoms with Crippen LogP contribution in [0.15, 0.2) is 36.4 Å². The highest BCUT2D eigenvalue weighted by atomic mass is 19.4. The second kappa shape index (κ2) is 13.6. The van der Waals surface area contributed by atoms with E-state index in [9.17, 15) is 38.0 Å². The van der Waals surface area contributed by atoms with Gasteiger partial charge in [-0.2, -0.15) is 13.2 Å². The van der Waals surface area contributed by atoms with Crippen molar-refractivity contribution in [2.75, 3.05) is 69.2 Å². The lowest BCUT2D eigenvalue weighted by Gasteiger charge is -2.43. The molecule has 1 aromatic heterocycles. The van der Waals surface area contributed by atoms with E-state index >= 15 is 0 Å². The van der Waals surface area contributed by atoms with E-state index in [-0.39, 0.29) is 6.61 Å². The van der Waals surface area contributed by atoms with Crippen molar-refractivity contribution in [3.63, 3.8) is 0 Å². The normalized spacial score (nSPS) is 26.7. The van der Waals surface area contributed by atoms with E-state index in [0.29, 0.717) is 30.2 Å². The molecule has 4 atom stereocenters. The zero-order valence-electron chi connectivity index (χ0n) is 23.7. The first-order chi connectivity index (χ1) is 20.5. The molecule has 0 spiro atoms. The van der Waals surface area contributed by atoms with Gasteiger partial charge in [-0.15, -0.1) is 0 Å². The van der Waals surface area contributed by atoms with Crippen molar-refractivity contribution in [2.24, 2.45) is 5.92 Å². The van der Waals surface area contributed by atoms with Gasteiger partial charge >= 0.3 is 6.18 Å². The summed E-state index contributed by atoms with van der Waals surface area (Å²) in [6.07, 6.45) is -7.47. The van der Waals surface area contributed by atoms with Crippen LogP contribution in [0.3, 0.4) is 0 Å². The van der Waals surface area contributed by atoms with Crippen LogP contribution in [0, 0.1) is 11.7 Å². The van der Waals surface area contributed by atoms with Crippen LogP contribution in [-0.2, 0) is 10.9 Å². The number of nitrogens with one attached hydrogen (secondary N) is 1. The highest BCUT2D eigenvalue weighted by Crippen LogP contribution is 2.30. The Bertz CT molecular complexity index is 1190. The molecule has 0 radical (unpaired) electrons. The average molecular weight is 614 g/mol. The molecule has 3 aliphatic rings. The summed E-state index contributed by atoms with van der Waals surface area (Å²) in [6, 6.07) is 7.47. The Morgan fingerprint density at radius 3 is 2.12 bits per heavy atom. The first-order valence-corrected chi connectivity index (χ1v) is 14.6. The molecule has 3 saturated heterocycles. The summed E-state index contributed by atoms with van der Waals surface area (Å²) in [7, 11) is 0. The number of rotatable bonds is 8. The molecule has 10 nitrogen and oxygen atoms in total. The van der Waals surface area contributed by atoms with Gasteiger partial charge in [0, 0.05) is 63.6 Å². The molecule has 14 heteroatoms. The minimum absolute atomic E-state index is 0.132. The number of halogens is 4. The lowest BCUT2D eigenvalue weighted by atomic mass is 9.95. The summed E-state index contributed by atoms with van der Waals surface area (Å²) in [5, 5.41) is 42.4. The minimum atomic E-state index is -4.75. The van der Waals surface area contributed by atoms with Crippen LogP contribution in [0.4, 0.5) is 29.1 Å². The molecule has 0 saturated carbocycles. The Morgan fingerprint density at radius 2 is 1.51 bits per heavy atom. The number of nitrogens with zero attached hydrogens (tertiary/aromatic N) is 4. The maximum absolute atomic E-state index is 14.1. The Kier molecular flexibility index (Phi) is 10.1. The summed E-state index contributed by atoms with van der Waals surface area (Å²) in [6.45, 7) is 6.41. The zero-order chi connectivity index (χ0) is 30.7. The second-order valence-corrected chi connectivity index (χ2v) is 11.6. The molecule has 5 rings (SSSR count). The lowest BCUT2D eigenvalue weighted by Crippen LogP contribution is -2.59. The Balaban J connectivity index is 1.03. The van der Waals surface area contributed by atoms with E-state index in [1.807, 2.05) is 12.1 Å². The van der Waals surface area contributed by atoms with Gasteiger partial charge in [-0.05, 0) is 43.0 Å². The standard InChI is InChI=1S/C29H39F4N5O5/c30-21-5-6-24(29(31,32)33)35-27(21)34-22-17-43-23(26(40)25(22)39)16-37-13-11-36(12-14-37)15-18-7-9-38(10-8-18)20-3-1-19(2-4-20)28(41)42/h1-6,18,22-23,25-26,28,39-42H,7-17H2,(H,34,35)/t22-,23+,25+,26-/m0/s1. The van der Waals surface area contributed by atoms with Gasteiger partial charge in [-0.25, -0.2) is 9.37 Å². The monoisotopic (exact) mass is 613 g/mol.